The molecule has 7 heteroatoms. The normalized spacial score (nSPS) is 10.8. The van der Waals surface area contributed by atoms with Crippen LogP contribution in [0.1, 0.15) is 5.56 Å². The Balaban J connectivity index is 2.07. The first-order chi connectivity index (χ1) is 9.65. The zero-order valence-electron chi connectivity index (χ0n) is 10.2. The predicted octanol–water partition coefficient (Wildman–Crippen LogP) is 3.04. The van der Waals surface area contributed by atoms with E-state index < -0.39 is 4.92 Å². The first kappa shape index (κ1) is 12.6. The molecule has 0 aliphatic carbocycles. The summed E-state index contributed by atoms with van der Waals surface area (Å²) < 4.78 is 1.62. The Morgan fingerprint density at radius 2 is 2.05 bits per heavy atom. The predicted molar refractivity (Wildman–Crippen MR) is 74.7 cm³/mol. The van der Waals surface area contributed by atoms with Crippen molar-refractivity contribution in [3.05, 3.63) is 63.2 Å². The third-order valence-corrected chi connectivity index (χ3v) is 3.21. The highest BCUT2D eigenvalue weighted by Crippen LogP contribution is 2.24. The molecule has 0 atom stereocenters. The van der Waals surface area contributed by atoms with Crippen LogP contribution in [0.25, 0.3) is 11.0 Å². The number of hydrogen-bond donors (Lipinski definition) is 0. The van der Waals surface area contributed by atoms with Crippen molar-refractivity contribution in [3.8, 4) is 0 Å². The van der Waals surface area contributed by atoms with Crippen LogP contribution < -0.4 is 0 Å². The number of nitro groups is 1. The van der Waals surface area contributed by atoms with E-state index in [2.05, 4.69) is 10.3 Å². The fraction of sp³-hybridized carbons (Fsp3) is 0.0769. The van der Waals surface area contributed by atoms with Crippen molar-refractivity contribution >= 4 is 28.3 Å². The first-order valence-corrected chi connectivity index (χ1v) is 6.24. The van der Waals surface area contributed by atoms with Crippen molar-refractivity contribution in [1.29, 1.82) is 0 Å². The van der Waals surface area contributed by atoms with Crippen molar-refractivity contribution in [1.82, 2.24) is 15.0 Å². The standard InChI is InChI=1S/C13H9ClN4O2/c14-10-5-6-12(18(19)20)9(7-10)8-17-13-4-2-1-3-11(13)15-16-17/h1-7H,8H2. The van der Waals surface area contributed by atoms with Gasteiger partial charge in [0.2, 0.25) is 0 Å². The van der Waals surface area contributed by atoms with Gasteiger partial charge >= 0.3 is 0 Å². The van der Waals surface area contributed by atoms with Gasteiger partial charge in [-0.15, -0.1) is 5.10 Å². The van der Waals surface area contributed by atoms with Crippen LogP contribution >= 0.6 is 11.6 Å². The van der Waals surface area contributed by atoms with E-state index in [1.165, 1.54) is 12.1 Å². The third-order valence-electron chi connectivity index (χ3n) is 2.98. The maximum absolute atomic E-state index is 11.0. The quantitative estimate of drug-likeness (QED) is 0.548. The summed E-state index contributed by atoms with van der Waals surface area (Å²) in [7, 11) is 0. The van der Waals surface area contributed by atoms with Crippen molar-refractivity contribution in [2.75, 3.05) is 0 Å². The molecule has 0 saturated carbocycles. The fourth-order valence-electron chi connectivity index (χ4n) is 2.05. The number of nitro benzene ring substituents is 1. The van der Waals surface area contributed by atoms with Crippen LogP contribution in [0.5, 0.6) is 0 Å². The summed E-state index contributed by atoms with van der Waals surface area (Å²) in [6.07, 6.45) is 0. The zero-order chi connectivity index (χ0) is 14.1. The molecule has 0 spiro atoms. The summed E-state index contributed by atoms with van der Waals surface area (Å²) >= 11 is 5.91. The Morgan fingerprint density at radius 1 is 1.25 bits per heavy atom. The van der Waals surface area contributed by atoms with Gasteiger partial charge < -0.3 is 0 Å². The van der Waals surface area contributed by atoms with Crippen molar-refractivity contribution < 1.29 is 4.92 Å². The summed E-state index contributed by atoms with van der Waals surface area (Å²) in [5, 5.41) is 19.5. The van der Waals surface area contributed by atoms with Crippen LogP contribution in [0.4, 0.5) is 5.69 Å². The molecule has 0 amide bonds. The first-order valence-electron chi connectivity index (χ1n) is 5.86. The highest BCUT2D eigenvalue weighted by molar-refractivity contribution is 6.30. The lowest BCUT2D eigenvalue weighted by Gasteiger charge is -2.04. The van der Waals surface area contributed by atoms with Gasteiger partial charge in [-0.2, -0.15) is 0 Å². The third kappa shape index (κ3) is 2.21. The molecule has 3 rings (SSSR count). The highest BCUT2D eigenvalue weighted by atomic mass is 35.5. The molecule has 0 fully saturated rings. The summed E-state index contributed by atoms with van der Waals surface area (Å²) in [6.45, 7) is 0.247. The summed E-state index contributed by atoms with van der Waals surface area (Å²) in [4.78, 5) is 10.6. The van der Waals surface area contributed by atoms with E-state index in [0.717, 1.165) is 11.0 Å². The lowest BCUT2D eigenvalue weighted by molar-refractivity contribution is -0.385. The summed E-state index contributed by atoms with van der Waals surface area (Å²) in [6, 6.07) is 11.9. The topological polar surface area (TPSA) is 73.8 Å². The highest BCUT2D eigenvalue weighted by Gasteiger charge is 2.15. The Labute approximate surface area is 118 Å². The lowest BCUT2D eigenvalue weighted by atomic mass is 10.2. The van der Waals surface area contributed by atoms with Gasteiger partial charge in [0.05, 0.1) is 22.5 Å². The van der Waals surface area contributed by atoms with Gasteiger partial charge in [-0.25, -0.2) is 4.68 Å². The van der Waals surface area contributed by atoms with E-state index in [1.54, 1.807) is 10.7 Å². The van der Waals surface area contributed by atoms with E-state index in [4.69, 9.17) is 11.6 Å². The van der Waals surface area contributed by atoms with Gasteiger partial charge in [0, 0.05) is 11.1 Å². The van der Waals surface area contributed by atoms with Gasteiger partial charge in [0.25, 0.3) is 5.69 Å². The van der Waals surface area contributed by atoms with Crippen molar-refractivity contribution in [2.24, 2.45) is 0 Å². The Hall–Kier alpha value is -2.47. The monoisotopic (exact) mass is 288 g/mol. The van der Waals surface area contributed by atoms with Gasteiger partial charge in [-0.3, -0.25) is 10.1 Å². The molecule has 0 unspecified atom stereocenters. The van der Waals surface area contributed by atoms with Gasteiger partial charge in [0.15, 0.2) is 0 Å². The molecule has 0 radical (unpaired) electrons. The second-order valence-corrected chi connectivity index (χ2v) is 4.70. The molecule has 20 heavy (non-hydrogen) atoms. The molecule has 1 heterocycles. The number of para-hydroxylation sites is 1. The Bertz CT molecular complexity index is 800. The minimum atomic E-state index is -0.426. The average molecular weight is 289 g/mol. The molecule has 2 aromatic carbocycles. The van der Waals surface area contributed by atoms with Crippen LogP contribution in [0.15, 0.2) is 42.5 Å². The molecular formula is C13H9ClN4O2. The maximum atomic E-state index is 11.0. The maximum Gasteiger partial charge on any atom is 0.274 e. The van der Waals surface area contributed by atoms with Crippen LogP contribution in [0, 0.1) is 10.1 Å². The number of benzene rings is 2. The van der Waals surface area contributed by atoms with Crippen LogP contribution in [-0.2, 0) is 6.54 Å². The summed E-state index contributed by atoms with van der Waals surface area (Å²) in [5.41, 5.74) is 2.09. The average Bonchev–Trinajstić information content (AvgIpc) is 2.82. The molecule has 0 aliphatic heterocycles. The second-order valence-electron chi connectivity index (χ2n) is 4.27. The summed E-state index contributed by atoms with van der Waals surface area (Å²) in [5.74, 6) is 0. The zero-order valence-corrected chi connectivity index (χ0v) is 11.0. The minimum absolute atomic E-state index is 0.0222. The van der Waals surface area contributed by atoms with E-state index in [9.17, 15) is 10.1 Å². The molecule has 6 nitrogen and oxygen atoms in total. The van der Waals surface area contributed by atoms with E-state index in [0.29, 0.717) is 10.6 Å². The van der Waals surface area contributed by atoms with Crippen molar-refractivity contribution in [2.45, 2.75) is 6.54 Å². The minimum Gasteiger partial charge on any atom is -0.258 e. The van der Waals surface area contributed by atoms with E-state index in [1.807, 2.05) is 24.3 Å². The molecular weight excluding hydrogens is 280 g/mol. The number of hydrogen-bond acceptors (Lipinski definition) is 4. The number of aromatic nitrogens is 3. The molecule has 100 valence electrons. The molecule has 0 aliphatic rings. The molecule has 0 bridgehead atoms. The fourth-order valence-corrected chi connectivity index (χ4v) is 2.25. The number of fused-ring (bicyclic) bond motifs is 1. The van der Waals surface area contributed by atoms with Crippen LogP contribution in [-0.4, -0.2) is 19.9 Å². The van der Waals surface area contributed by atoms with E-state index in [-0.39, 0.29) is 12.2 Å². The van der Waals surface area contributed by atoms with Crippen molar-refractivity contribution in [3.63, 3.8) is 0 Å². The lowest BCUT2D eigenvalue weighted by Crippen LogP contribution is -2.05. The number of nitrogens with zero attached hydrogens (tertiary/aromatic N) is 4. The van der Waals surface area contributed by atoms with Gasteiger partial charge in [-0.05, 0) is 24.3 Å². The molecule has 3 aromatic rings. The number of rotatable bonds is 3. The molecule has 0 N–H and O–H groups in total. The van der Waals surface area contributed by atoms with Gasteiger partial charge in [-0.1, -0.05) is 28.9 Å². The Morgan fingerprint density at radius 3 is 2.85 bits per heavy atom. The SMILES string of the molecule is O=[N+]([O-])c1ccc(Cl)cc1Cn1nnc2ccccc21. The number of halogens is 1. The smallest absolute Gasteiger partial charge is 0.258 e. The van der Waals surface area contributed by atoms with E-state index >= 15 is 0 Å². The second kappa shape index (κ2) is 4.90. The molecule has 1 aromatic heterocycles. The Kier molecular flexibility index (Phi) is 3.08. The molecule has 0 saturated heterocycles. The van der Waals surface area contributed by atoms with Crippen LogP contribution in [0.3, 0.4) is 0 Å². The van der Waals surface area contributed by atoms with Gasteiger partial charge in [0.1, 0.15) is 5.52 Å². The largest absolute Gasteiger partial charge is 0.274 e. The van der Waals surface area contributed by atoms with Crippen LogP contribution in [0.2, 0.25) is 5.02 Å².